The summed E-state index contributed by atoms with van der Waals surface area (Å²) in [7, 11) is 0. The highest BCUT2D eigenvalue weighted by Gasteiger charge is 2.60. The van der Waals surface area contributed by atoms with Crippen molar-refractivity contribution in [2.75, 3.05) is 0 Å². The maximum absolute atomic E-state index is 10.7. The average molecular weight is 303 g/mol. The van der Waals surface area contributed by atoms with E-state index in [0.29, 0.717) is 16.7 Å². The van der Waals surface area contributed by atoms with Crippen molar-refractivity contribution in [3.05, 3.63) is 11.6 Å². The van der Waals surface area contributed by atoms with Gasteiger partial charge in [0.2, 0.25) is 0 Å². The first-order valence-corrected chi connectivity index (χ1v) is 9.88. The van der Waals surface area contributed by atoms with Crippen molar-refractivity contribution in [1.82, 2.24) is 0 Å². The lowest BCUT2D eigenvalue weighted by atomic mass is 9.47. The molecular weight excluding hydrogens is 268 g/mol. The number of hydrogen-bond donors (Lipinski definition) is 1. The summed E-state index contributed by atoms with van der Waals surface area (Å²) in [4.78, 5) is 0. The highest BCUT2D eigenvalue weighted by Crippen LogP contribution is 2.67. The number of aliphatic hydroxyl groups is 1. The third kappa shape index (κ3) is 1.87. The van der Waals surface area contributed by atoms with Gasteiger partial charge in [0.15, 0.2) is 0 Å². The van der Waals surface area contributed by atoms with Gasteiger partial charge in [-0.3, -0.25) is 0 Å². The summed E-state index contributed by atoms with van der Waals surface area (Å²) in [6.45, 7) is 7.39. The van der Waals surface area contributed by atoms with E-state index in [0.717, 1.165) is 30.6 Å². The van der Waals surface area contributed by atoms with Crippen LogP contribution >= 0.6 is 0 Å². The van der Waals surface area contributed by atoms with Crippen LogP contribution in [-0.4, -0.2) is 11.2 Å². The third-order valence-corrected chi connectivity index (χ3v) is 8.71. The number of allylic oxidation sites excluding steroid dienone is 2. The lowest BCUT2D eigenvalue weighted by molar-refractivity contribution is -0.0536. The molecule has 4 aliphatic rings. The molecule has 0 radical (unpaired) electrons. The van der Waals surface area contributed by atoms with E-state index in [2.05, 4.69) is 26.8 Å². The molecule has 4 rings (SSSR count). The van der Waals surface area contributed by atoms with Crippen molar-refractivity contribution in [3.63, 3.8) is 0 Å². The zero-order valence-corrected chi connectivity index (χ0v) is 14.8. The standard InChI is InChI=1S/C21H34O/c1-4-16-19(22)13-18-15-9-8-14-7-5-6-11-20(14,2)17(15)10-12-21(16,18)3/h7,15-19,22H,4-6,8-13H2,1-3H3/t15-,16+,17+,18+,19?,20+,21-/m1/s1. The Morgan fingerprint density at radius 3 is 2.77 bits per heavy atom. The molecule has 0 aromatic rings. The molecule has 0 bridgehead atoms. The zero-order valence-electron chi connectivity index (χ0n) is 14.8. The van der Waals surface area contributed by atoms with E-state index in [1.54, 1.807) is 5.57 Å². The summed E-state index contributed by atoms with van der Waals surface area (Å²) < 4.78 is 0. The summed E-state index contributed by atoms with van der Waals surface area (Å²) in [5.41, 5.74) is 2.72. The molecule has 0 spiro atoms. The van der Waals surface area contributed by atoms with Crippen LogP contribution < -0.4 is 0 Å². The molecule has 0 heterocycles. The van der Waals surface area contributed by atoms with E-state index < -0.39 is 0 Å². The molecule has 0 saturated heterocycles. The normalized spacial score (nSPS) is 54.2. The minimum Gasteiger partial charge on any atom is -0.393 e. The van der Waals surface area contributed by atoms with Crippen LogP contribution in [0.1, 0.15) is 78.6 Å². The molecule has 1 heteroatoms. The first-order valence-electron chi connectivity index (χ1n) is 9.88. The number of rotatable bonds is 1. The van der Waals surface area contributed by atoms with Crippen LogP contribution in [0.3, 0.4) is 0 Å². The maximum atomic E-state index is 10.7. The summed E-state index contributed by atoms with van der Waals surface area (Å²) >= 11 is 0. The molecular formula is C21H34O. The van der Waals surface area contributed by atoms with Crippen molar-refractivity contribution in [3.8, 4) is 0 Å². The van der Waals surface area contributed by atoms with Crippen LogP contribution in [0, 0.1) is 34.5 Å². The molecule has 0 aromatic heterocycles. The minimum atomic E-state index is -0.0325. The van der Waals surface area contributed by atoms with E-state index in [4.69, 9.17) is 0 Å². The Hall–Kier alpha value is -0.300. The second-order valence-corrected chi connectivity index (χ2v) is 9.32. The zero-order chi connectivity index (χ0) is 15.5. The van der Waals surface area contributed by atoms with Crippen LogP contribution in [0.4, 0.5) is 0 Å². The molecule has 22 heavy (non-hydrogen) atoms. The van der Waals surface area contributed by atoms with E-state index in [1.165, 1.54) is 44.9 Å². The topological polar surface area (TPSA) is 20.2 Å². The summed E-state index contributed by atoms with van der Waals surface area (Å²) in [5.74, 6) is 3.11. The molecule has 4 aliphatic carbocycles. The molecule has 1 unspecified atom stereocenters. The molecule has 1 N–H and O–H groups in total. The molecule has 1 nitrogen and oxygen atoms in total. The van der Waals surface area contributed by atoms with Crippen molar-refractivity contribution in [2.24, 2.45) is 34.5 Å². The van der Waals surface area contributed by atoms with Crippen LogP contribution in [0.15, 0.2) is 11.6 Å². The largest absolute Gasteiger partial charge is 0.393 e. The van der Waals surface area contributed by atoms with E-state index in [-0.39, 0.29) is 6.10 Å². The monoisotopic (exact) mass is 302 g/mol. The van der Waals surface area contributed by atoms with E-state index in [9.17, 15) is 5.11 Å². The summed E-state index contributed by atoms with van der Waals surface area (Å²) in [5, 5.41) is 10.7. The quantitative estimate of drug-likeness (QED) is 0.648. The fourth-order valence-electron chi connectivity index (χ4n) is 7.61. The van der Waals surface area contributed by atoms with Gasteiger partial charge < -0.3 is 5.11 Å². The Bertz CT molecular complexity index is 480. The highest BCUT2D eigenvalue weighted by atomic mass is 16.3. The van der Waals surface area contributed by atoms with Crippen molar-refractivity contribution < 1.29 is 5.11 Å². The van der Waals surface area contributed by atoms with Gasteiger partial charge in [0.1, 0.15) is 0 Å². The van der Waals surface area contributed by atoms with Gasteiger partial charge in [0.25, 0.3) is 0 Å². The first-order chi connectivity index (χ1) is 10.5. The molecule has 3 saturated carbocycles. The fraction of sp³-hybridized carbons (Fsp3) is 0.905. The van der Waals surface area contributed by atoms with Crippen LogP contribution in [0.2, 0.25) is 0 Å². The maximum Gasteiger partial charge on any atom is 0.0576 e. The fourth-order valence-corrected chi connectivity index (χ4v) is 7.61. The van der Waals surface area contributed by atoms with Crippen molar-refractivity contribution in [1.29, 1.82) is 0 Å². The van der Waals surface area contributed by atoms with Crippen LogP contribution in [0.5, 0.6) is 0 Å². The highest BCUT2D eigenvalue weighted by molar-refractivity contribution is 5.24. The molecule has 7 atom stereocenters. The van der Waals surface area contributed by atoms with Gasteiger partial charge in [-0.1, -0.05) is 38.8 Å². The van der Waals surface area contributed by atoms with E-state index in [1.807, 2.05) is 0 Å². The second kappa shape index (κ2) is 5.10. The predicted octanol–water partition coefficient (Wildman–Crippen LogP) is 5.34. The average Bonchev–Trinajstić information content (AvgIpc) is 2.76. The second-order valence-electron chi connectivity index (χ2n) is 9.32. The lowest BCUT2D eigenvalue weighted by Crippen LogP contribution is -2.50. The van der Waals surface area contributed by atoms with Gasteiger partial charge in [-0.15, -0.1) is 0 Å². The van der Waals surface area contributed by atoms with Gasteiger partial charge in [0.05, 0.1) is 6.10 Å². The van der Waals surface area contributed by atoms with Crippen LogP contribution in [0.25, 0.3) is 0 Å². The Kier molecular flexibility index (Phi) is 3.53. The number of hydrogen-bond acceptors (Lipinski definition) is 1. The molecule has 0 amide bonds. The smallest absolute Gasteiger partial charge is 0.0576 e. The number of fused-ring (bicyclic) bond motifs is 5. The molecule has 0 aliphatic heterocycles. The SMILES string of the molecule is CC[C@H]1C(O)C[C@H]2[C@@H]3CCC4=CCCC[C@]4(C)[C@H]3CC[C@]12C. The lowest BCUT2D eigenvalue weighted by Gasteiger charge is -2.58. The minimum absolute atomic E-state index is 0.0325. The van der Waals surface area contributed by atoms with Gasteiger partial charge in [-0.25, -0.2) is 0 Å². The van der Waals surface area contributed by atoms with Gasteiger partial charge >= 0.3 is 0 Å². The Balaban J connectivity index is 1.67. The third-order valence-electron chi connectivity index (χ3n) is 8.71. The van der Waals surface area contributed by atoms with Crippen LogP contribution in [-0.2, 0) is 0 Å². The molecule has 0 aromatic carbocycles. The Morgan fingerprint density at radius 1 is 1.18 bits per heavy atom. The Labute approximate surface area is 136 Å². The predicted molar refractivity (Wildman–Crippen MR) is 91.5 cm³/mol. The number of aliphatic hydroxyl groups excluding tert-OH is 1. The van der Waals surface area contributed by atoms with Gasteiger partial charge in [0, 0.05) is 0 Å². The molecule has 124 valence electrons. The summed E-state index contributed by atoms with van der Waals surface area (Å²) in [6.07, 6.45) is 14.5. The molecule has 3 fully saturated rings. The van der Waals surface area contributed by atoms with E-state index >= 15 is 0 Å². The first kappa shape index (κ1) is 15.2. The van der Waals surface area contributed by atoms with Crippen molar-refractivity contribution >= 4 is 0 Å². The van der Waals surface area contributed by atoms with Gasteiger partial charge in [-0.2, -0.15) is 0 Å². The van der Waals surface area contributed by atoms with Gasteiger partial charge in [-0.05, 0) is 85.9 Å². The Morgan fingerprint density at radius 2 is 2.00 bits per heavy atom. The summed E-state index contributed by atoms with van der Waals surface area (Å²) in [6, 6.07) is 0. The van der Waals surface area contributed by atoms with Crippen molar-refractivity contribution in [2.45, 2.75) is 84.7 Å².